The second kappa shape index (κ2) is 5.16. The molecule has 0 aliphatic heterocycles. The van der Waals surface area contributed by atoms with E-state index in [1.165, 1.54) is 9.09 Å². The van der Waals surface area contributed by atoms with Gasteiger partial charge in [-0.25, -0.2) is 0 Å². The van der Waals surface area contributed by atoms with E-state index in [-0.39, 0.29) is 6.04 Å². The lowest BCUT2D eigenvalue weighted by molar-refractivity contribution is 0.730. The molecule has 0 aliphatic rings. The van der Waals surface area contributed by atoms with Crippen LogP contribution in [-0.2, 0) is 0 Å². The molecule has 2 N–H and O–H groups in total. The SMILES string of the molecule is CC(N)C(Sc1cccs1)c1cccs1. The van der Waals surface area contributed by atoms with Gasteiger partial charge in [0.15, 0.2) is 0 Å². The fourth-order valence-corrected chi connectivity index (χ4v) is 4.43. The monoisotopic (exact) mass is 255 g/mol. The number of hydrogen-bond acceptors (Lipinski definition) is 4. The Hall–Kier alpha value is -0.290. The van der Waals surface area contributed by atoms with Crippen LogP contribution >= 0.6 is 34.4 Å². The molecule has 1 nitrogen and oxygen atoms in total. The van der Waals surface area contributed by atoms with Gasteiger partial charge in [-0.05, 0) is 29.8 Å². The number of nitrogens with two attached hydrogens (primary N) is 1. The van der Waals surface area contributed by atoms with Crippen molar-refractivity contribution in [1.82, 2.24) is 0 Å². The Labute approximate surface area is 102 Å². The molecule has 0 spiro atoms. The minimum Gasteiger partial charge on any atom is -0.327 e. The van der Waals surface area contributed by atoms with E-state index in [2.05, 4.69) is 41.9 Å². The van der Waals surface area contributed by atoms with Crippen LogP contribution in [0, 0.1) is 0 Å². The van der Waals surface area contributed by atoms with Crippen LogP contribution in [-0.4, -0.2) is 6.04 Å². The van der Waals surface area contributed by atoms with Crippen molar-refractivity contribution in [2.75, 3.05) is 0 Å². The highest BCUT2D eigenvalue weighted by Gasteiger charge is 2.18. The van der Waals surface area contributed by atoms with Crippen molar-refractivity contribution in [3.63, 3.8) is 0 Å². The molecule has 2 atom stereocenters. The predicted molar refractivity (Wildman–Crippen MR) is 70.9 cm³/mol. The molecule has 2 unspecified atom stereocenters. The lowest BCUT2D eigenvalue weighted by atomic mass is 10.2. The first-order valence-electron chi connectivity index (χ1n) is 4.76. The molecule has 0 aromatic carbocycles. The lowest BCUT2D eigenvalue weighted by Crippen LogP contribution is -2.21. The van der Waals surface area contributed by atoms with E-state index in [0.717, 1.165) is 0 Å². The van der Waals surface area contributed by atoms with Crippen LogP contribution < -0.4 is 5.73 Å². The summed E-state index contributed by atoms with van der Waals surface area (Å²) in [6.07, 6.45) is 0. The Morgan fingerprint density at radius 3 is 2.47 bits per heavy atom. The van der Waals surface area contributed by atoms with Crippen molar-refractivity contribution in [3.8, 4) is 0 Å². The highest BCUT2D eigenvalue weighted by Crippen LogP contribution is 2.40. The molecule has 2 rings (SSSR count). The van der Waals surface area contributed by atoms with E-state index in [9.17, 15) is 0 Å². The minimum absolute atomic E-state index is 0.177. The van der Waals surface area contributed by atoms with E-state index in [4.69, 9.17) is 5.73 Å². The largest absolute Gasteiger partial charge is 0.327 e. The first-order chi connectivity index (χ1) is 7.27. The van der Waals surface area contributed by atoms with Crippen LogP contribution in [0.4, 0.5) is 0 Å². The van der Waals surface area contributed by atoms with Crippen molar-refractivity contribution in [3.05, 3.63) is 39.9 Å². The molecule has 0 saturated carbocycles. The van der Waals surface area contributed by atoms with Gasteiger partial charge in [0.2, 0.25) is 0 Å². The fraction of sp³-hybridized carbons (Fsp3) is 0.273. The topological polar surface area (TPSA) is 26.0 Å². The van der Waals surface area contributed by atoms with Crippen LogP contribution in [0.15, 0.2) is 39.2 Å². The van der Waals surface area contributed by atoms with E-state index in [1.54, 1.807) is 22.7 Å². The van der Waals surface area contributed by atoms with Crippen LogP contribution in [0.2, 0.25) is 0 Å². The molecule has 2 aromatic heterocycles. The highest BCUT2D eigenvalue weighted by atomic mass is 32.2. The summed E-state index contributed by atoms with van der Waals surface area (Å²) in [6, 6.07) is 8.66. The summed E-state index contributed by atoms with van der Waals surface area (Å²) >= 11 is 5.43. The summed E-state index contributed by atoms with van der Waals surface area (Å²) in [5, 5.41) is 4.60. The fourth-order valence-electron chi connectivity index (χ4n) is 1.33. The number of hydrogen-bond donors (Lipinski definition) is 1. The molecule has 0 bridgehead atoms. The molecule has 0 aliphatic carbocycles. The molecule has 2 heterocycles. The second-order valence-electron chi connectivity index (χ2n) is 3.35. The highest BCUT2D eigenvalue weighted by molar-refractivity contribution is 8.01. The molecule has 80 valence electrons. The summed E-state index contributed by atoms with van der Waals surface area (Å²) in [5.41, 5.74) is 6.03. The van der Waals surface area contributed by atoms with Crippen molar-refractivity contribution in [2.45, 2.75) is 22.4 Å². The van der Waals surface area contributed by atoms with Gasteiger partial charge >= 0.3 is 0 Å². The second-order valence-corrected chi connectivity index (χ2v) is 6.71. The van der Waals surface area contributed by atoms with Gasteiger partial charge in [0.1, 0.15) is 0 Å². The van der Waals surface area contributed by atoms with Gasteiger partial charge in [-0.1, -0.05) is 12.1 Å². The van der Waals surface area contributed by atoms with E-state index < -0.39 is 0 Å². The maximum Gasteiger partial charge on any atom is 0.0605 e. The van der Waals surface area contributed by atoms with Gasteiger partial charge < -0.3 is 5.73 Å². The number of thiophene rings is 2. The first-order valence-corrected chi connectivity index (χ1v) is 7.40. The minimum atomic E-state index is 0.177. The molecule has 4 heteroatoms. The third-order valence-electron chi connectivity index (χ3n) is 2.04. The quantitative estimate of drug-likeness (QED) is 0.836. The third-order valence-corrected chi connectivity index (χ3v) is 5.69. The normalized spacial score (nSPS) is 15.1. The summed E-state index contributed by atoms with van der Waals surface area (Å²) in [7, 11) is 0. The first kappa shape index (κ1) is 11.2. The Kier molecular flexibility index (Phi) is 3.86. The molecule has 2 aromatic rings. The molecular weight excluding hydrogens is 242 g/mol. The van der Waals surface area contributed by atoms with Crippen LogP contribution in [0.25, 0.3) is 0 Å². The predicted octanol–water partition coefficient (Wildman–Crippen LogP) is 3.99. The van der Waals surface area contributed by atoms with Crippen LogP contribution in [0.1, 0.15) is 17.1 Å². The third kappa shape index (κ3) is 2.84. The summed E-state index contributed by atoms with van der Waals surface area (Å²) < 4.78 is 1.34. The molecule has 0 radical (unpaired) electrons. The zero-order chi connectivity index (χ0) is 10.7. The summed E-state index contributed by atoms with van der Waals surface area (Å²) in [4.78, 5) is 1.36. The molecule has 0 saturated heterocycles. The lowest BCUT2D eigenvalue weighted by Gasteiger charge is -2.17. The number of rotatable bonds is 4. The van der Waals surface area contributed by atoms with Gasteiger partial charge in [0.25, 0.3) is 0 Å². The zero-order valence-corrected chi connectivity index (χ0v) is 10.9. The molecule has 0 fully saturated rings. The van der Waals surface area contributed by atoms with Crippen molar-refractivity contribution in [1.29, 1.82) is 0 Å². The molecule has 15 heavy (non-hydrogen) atoms. The van der Waals surface area contributed by atoms with Crippen molar-refractivity contribution < 1.29 is 0 Å². The molecular formula is C11H13NS3. The standard InChI is InChI=1S/C11H13NS3/c1-8(12)11(9-4-2-6-13-9)15-10-5-3-7-14-10/h2-8,11H,12H2,1H3. The molecule has 0 amide bonds. The van der Waals surface area contributed by atoms with E-state index in [1.807, 2.05) is 11.8 Å². The summed E-state index contributed by atoms with van der Waals surface area (Å²) in [5.74, 6) is 0. The van der Waals surface area contributed by atoms with Gasteiger partial charge in [0, 0.05) is 10.9 Å². The average molecular weight is 255 g/mol. The average Bonchev–Trinajstić information content (AvgIpc) is 2.87. The van der Waals surface area contributed by atoms with Crippen LogP contribution in [0.5, 0.6) is 0 Å². The zero-order valence-electron chi connectivity index (χ0n) is 8.42. The van der Waals surface area contributed by atoms with Gasteiger partial charge in [-0.15, -0.1) is 34.4 Å². The van der Waals surface area contributed by atoms with Crippen molar-refractivity contribution >= 4 is 34.4 Å². The van der Waals surface area contributed by atoms with Gasteiger partial charge in [0.05, 0.1) is 9.46 Å². The Morgan fingerprint density at radius 2 is 1.93 bits per heavy atom. The van der Waals surface area contributed by atoms with Crippen molar-refractivity contribution in [2.24, 2.45) is 5.73 Å². The Balaban J connectivity index is 2.14. The van der Waals surface area contributed by atoms with Gasteiger partial charge in [-0.3, -0.25) is 0 Å². The summed E-state index contributed by atoms with van der Waals surface area (Å²) in [6.45, 7) is 2.07. The van der Waals surface area contributed by atoms with E-state index in [0.29, 0.717) is 5.25 Å². The maximum atomic E-state index is 6.03. The Morgan fingerprint density at radius 1 is 1.20 bits per heavy atom. The Bertz CT molecular complexity index is 378. The van der Waals surface area contributed by atoms with E-state index >= 15 is 0 Å². The van der Waals surface area contributed by atoms with Crippen LogP contribution in [0.3, 0.4) is 0 Å². The smallest absolute Gasteiger partial charge is 0.0605 e. The number of thioether (sulfide) groups is 1. The maximum absolute atomic E-state index is 6.03. The van der Waals surface area contributed by atoms with Gasteiger partial charge in [-0.2, -0.15) is 0 Å².